The van der Waals surface area contributed by atoms with Crippen LogP contribution in [0, 0.1) is 28.6 Å². The molecule has 2 N–H and O–H groups in total. The van der Waals surface area contributed by atoms with Crippen molar-refractivity contribution in [1.29, 1.82) is 0 Å². The zero-order valence-corrected chi connectivity index (χ0v) is 23.3. The number of hydrogen-bond acceptors (Lipinski definition) is 9. The number of aliphatic hydroxyl groups is 2. The summed E-state index contributed by atoms with van der Waals surface area (Å²) >= 11 is 0. The fraction of sp³-hybridized carbons (Fsp3) is 0.690. The number of carbonyl (C=O) groups is 3. The average molecular weight is 535 g/mol. The van der Waals surface area contributed by atoms with Crippen molar-refractivity contribution in [2.75, 3.05) is 0 Å². The molecular weight excluding hydrogens is 492 g/mol. The largest absolute Gasteiger partial charge is 0.458 e. The maximum Gasteiger partial charge on any atom is 0.309 e. The van der Waals surface area contributed by atoms with E-state index >= 15 is 0 Å². The lowest BCUT2D eigenvalue weighted by Crippen LogP contribution is -2.63. The molecule has 2 aliphatic carbocycles. The standard InChI is InChI=1S/C29H42O9/c1-9-15(3)22(32)14-28(8)17(5)11-24(33)29-21(26(35-18(6)30)38-27(29)36-19(7)31)12-20(13-23(28)29)37-25(34)16(4)10-2/h9,12,16-17,20,22-24,26-27,32-33H,1,3,10-11,13-14H2,2,4-8H3/t16?,17-,20-,22-,23+,24+,26+,27-,28-,29?/m0/s1. The van der Waals surface area contributed by atoms with Gasteiger partial charge in [-0.2, -0.15) is 0 Å². The molecule has 0 amide bonds. The number of rotatable bonds is 9. The summed E-state index contributed by atoms with van der Waals surface area (Å²) in [6.07, 6.45) is -0.516. The normalized spacial score (nSPS) is 37.5. The Bertz CT molecular complexity index is 1000. The van der Waals surface area contributed by atoms with E-state index in [9.17, 15) is 24.6 Å². The van der Waals surface area contributed by atoms with Crippen molar-refractivity contribution in [3.63, 3.8) is 0 Å². The zero-order valence-electron chi connectivity index (χ0n) is 23.3. The zero-order chi connectivity index (χ0) is 28.6. The minimum Gasteiger partial charge on any atom is -0.458 e. The number of esters is 3. The van der Waals surface area contributed by atoms with Crippen LogP contribution in [0.25, 0.3) is 0 Å². The molecule has 1 heterocycles. The predicted octanol–water partition coefficient (Wildman–Crippen LogP) is 3.59. The van der Waals surface area contributed by atoms with Crippen molar-refractivity contribution >= 4 is 17.9 Å². The summed E-state index contributed by atoms with van der Waals surface area (Å²) in [5.74, 6) is -2.53. The van der Waals surface area contributed by atoms with Crippen molar-refractivity contribution < 1.29 is 43.5 Å². The van der Waals surface area contributed by atoms with Gasteiger partial charge in [0.2, 0.25) is 12.6 Å². The van der Waals surface area contributed by atoms with Gasteiger partial charge in [-0.05, 0) is 54.6 Å². The molecule has 10 atom stereocenters. The Morgan fingerprint density at radius 1 is 1.21 bits per heavy atom. The van der Waals surface area contributed by atoms with E-state index < -0.39 is 59.6 Å². The van der Waals surface area contributed by atoms with Gasteiger partial charge in [-0.1, -0.05) is 46.9 Å². The monoisotopic (exact) mass is 534 g/mol. The van der Waals surface area contributed by atoms with Gasteiger partial charge in [0, 0.05) is 19.4 Å². The maximum absolute atomic E-state index is 12.8. The second-order valence-corrected chi connectivity index (χ2v) is 11.3. The van der Waals surface area contributed by atoms with Crippen LogP contribution >= 0.6 is 0 Å². The van der Waals surface area contributed by atoms with E-state index in [4.69, 9.17) is 18.9 Å². The predicted molar refractivity (Wildman–Crippen MR) is 138 cm³/mol. The van der Waals surface area contributed by atoms with Gasteiger partial charge < -0.3 is 24.4 Å². The third kappa shape index (κ3) is 5.20. The molecule has 1 saturated heterocycles. The first-order valence-electron chi connectivity index (χ1n) is 13.3. The van der Waals surface area contributed by atoms with Crippen molar-refractivity contribution in [3.05, 3.63) is 36.5 Å². The molecule has 38 heavy (non-hydrogen) atoms. The summed E-state index contributed by atoms with van der Waals surface area (Å²) < 4.78 is 23.1. The smallest absolute Gasteiger partial charge is 0.309 e. The molecule has 0 bridgehead atoms. The minimum atomic E-state index is -1.29. The van der Waals surface area contributed by atoms with Gasteiger partial charge in [-0.25, -0.2) is 0 Å². The van der Waals surface area contributed by atoms with E-state index in [2.05, 4.69) is 13.2 Å². The summed E-state index contributed by atoms with van der Waals surface area (Å²) in [5.41, 5.74) is -1.10. The molecule has 3 aliphatic rings. The van der Waals surface area contributed by atoms with Gasteiger partial charge in [-0.3, -0.25) is 19.1 Å². The summed E-state index contributed by atoms with van der Waals surface area (Å²) in [4.78, 5) is 37.0. The van der Waals surface area contributed by atoms with Crippen molar-refractivity contribution in [2.45, 2.75) is 98.1 Å². The molecule has 0 aromatic heterocycles. The van der Waals surface area contributed by atoms with E-state index in [1.165, 1.54) is 19.9 Å². The van der Waals surface area contributed by atoms with Crippen LogP contribution in [0.15, 0.2) is 36.5 Å². The third-order valence-electron chi connectivity index (χ3n) is 9.00. The van der Waals surface area contributed by atoms with Gasteiger partial charge >= 0.3 is 17.9 Å². The molecule has 1 aliphatic heterocycles. The lowest BCUT2D eigenvalue weighted by Gasteiger charge is -2.60. The molecule has 0 radical (unpaired) electrons. The average Bonchev–Trinajstić information content (AvgIpc) is 3.13. The molecular formula is C29H42O9. The van der Waals surface area contributed by atoms with Crippen molar-refractivity contribution in [2.24, 2.45) is 28.6 Å². The van der Waals surface area contributed by atoms with E-state index in [1.54, 1.807) is 13.0 Å². The highest BCUT2D eigenvalue weighted by Crippen LogP contribution is 2.67. The van der Waals surface area contributed by atoms with Crippen LogP contribution in [-0.4, -0.2) is 59.0 Å². The van der Waals surface area contributed by atoms with Gasteiger partial charge in [0.05, 0.1) is 23.5 Å². The van der Waals surface area contributed by atoms with E-state index in [1.807, 2.05) is 20.8 Å². The summed E-state index contributed by atoms with van der Waals surface area (Å²) in [5, 5.41) is 22.8. The fourth-order valence-electron chi connectivity index (χ4n) is 6.52. The molecule has 212 valence electrons. The number of carbonyl (C=O) groups excluding carboxylic acids is 3. The molecule has 1 saturated carbocycles. The third-order valence-corrected chi connectivity index (χ3v) is 9.00. The van der Waals surface area contributed by atoms with Crippen LogP contribution in [0.2, 0.25) is 0 Å². The van der Waals surface area contributed by atoms with Crippen LogP contribution in [0.5, 0.6) is 0 Å². The quantitative estimate of drug-likeness (QED) is 0.197. The van der Waals surface area contributed by atoms with E-state index in [0.29, 0.717) is 24.0 Å². The Balaban J connectivity index is 2.22. The first kappa shape index (κ1) is 30.1. The molecule has 0 aromatic rings. The van der Waals surface area contributed by atoms with Gasteiger partial charge in [-0.15, -0.1) is 0 Å². The number of aliphatic hydroxyl groups excluding tert-OH is 2. The van der Waals surface area contributed by atoms with Crippen LogP contribution < -0.4 is 0 Å². The topological polar surface area (TPSA) is 129 Å². The minimum absolute atomic E-state index is 0.101. The Labute approximate surface area is 224 Å². The Hall–Kier alpha value is -2.49. The highest BCUT2D eigenvalue weighted by atomic mass is 16.8. The molecule has 3 rings (SSSR count). The van der Waals surface area contributed by atoms with Crippen molar-refractivity contribution in [3.8, 4) is 0 Å². The van der Waals surface area contributed by atoms with Crippen LogP contribution in [0.4, 0.5) is 0 Å². The van der Waals surface area contributed by atoms with Crippen LogP contribution in [-0.2, 0) is 33.3 Å². The second kappa shape index (κ2) is 11.3. The van der Waals surface area contributed by atoms with Gasteiger partial charge in [0.15, 0.2) is 0 Å². The van der Waals surface area contributed by atoms with E-state index in [-0.39, 0.29) is 30.6 Å². The highest BCUT2D eigenvalue weighted by Gasteiger charge is 2.71. The van der Waals surface area contributed by atoms with Gasteiger partial charge in [0.1, 0.15) is 6.10 Å². The summed E-state index contributed by atoms with van der Waals surface area (Å²) in [6, 6.07) is 0. The van der Waals surface area contributed by atoms with Crippen LogP contribution in [0.3, 0.4) is 0 Å². The second-order valence-electron chi connectivity index (χ2n) is 11.3. The highest BCUT2D eigenvalue weighted by molar-refractivity contribution is 5.72. The molecule has 2 fully saturated rings. The van der Waals surface area contributed by atoms with Crippen LogP contribution in [0.1, 0.15) is 67.2 Å². The Kier molecular flexibility index (Phi) is 8.95. The lowest BCUT2D eigenvalue weighted by molar-refractivity contribution is -0.256. The maximum atomic E-state index is 12.8. The molecule has 9 nitrogen and oxygen atoms in total. The molecule has 9 heteroatoms. The molecule has 0 aromatic carbocycles. The Morgan fingerprint density at radius 3 is 2.39 bits per heavy atom. The van der Waals surface area contributed by atoms with Crippen molar-refractivity contribution in [1.82, 2.24) is 0 Å². The first-order valence-corrected chi connectivity index (χ1v) is 13.3. The number of hydrogen-bond donors (Lipinski definition) is 2. The number of ether oxygens (including phenoxy) is 4. The van der Waals surface area contributed by atoms with E-state index in [0.717, 1.165) is 0 Å². The Morgan fingerprint density at radius 2 is 1.84 bits per heavy atom. The molecule has 1 spiro atoms. The first-order chi connectivity index (χ1) is 17.7. The van der Waals surface area contributed by atoms with Gasteiger partial charge in [0.25, 0.3) is 0 Å². The summed E-state index contributed by atoms with van der Waals surface area (Å²) in [7, 11) is 0. The summed E-state index contributed by atoms with van der Waals surface area (Å²) in [6.45, 7) is 17.8. The fourth-order valence-corrected chi connectivity index (χ4v) is 6.52. The lowest BCUT2D eigenvalue weighted by atomic mass is 9.44. The SMILES string of the molecule is C=CC(=C)[C@@H](O)C[C@@]1(C)[C@@H](C)C[C@@H](O)C23C(=C[C@H](OC(=O)C(C)CC)C[C@@H]21)[C@H](OC(C)=O)O[C@@H]3OC(C)=O. The molecule has 2 unspecified atom stereocenters.